The van der Waals surface area contributed by atoms with Gasteiger partial charge >= 0.3 is 0 Å². The van der Waals surface area contributed by atoms with Crippen molar-refractivity contribution in [3.63, 3.8) is 0 Å². The molecule has 2 heterocycles. The lowest BCUT2D eigenvalue weighted by Gasteiger charge is -2.07. The van der Waals surface area contributed by atoms with Crippen molar-refractivity contribution < 1.29 is 9.52 Å². The quantitative estimate of drug-likeness (QED) is 0.909. The van der Waals surface area contributed by atoms with Gasteiger partial charge in [-0.15, -0.1) is 11.3 Å². The van der Waals surface area contributed by atoms with Crippen LogP contribution in [0.15, 0.2) is 26.6 Å². The monoisotopic (exact) mass is 320 g/mol. The molecule has 2 aromatic heterocycles. The number of furan rings is 1. The Balaban J connectivity index is 2.35. The molecule has 0 saturated carbocycles. The molecule has 0 aliphatic carbocycles. The molecule has 0 amide bonds. The van der Waals surface area contributed by atoms with E-state index in [1.807, 2.05) is 6.92 Å². The predicted molar refractivity (Wildman–Crippen MR) is 69.2 cm³/mol. The molecular formula is C11H10BrClO2S. The Kier molecular flexibility index (Phi) is 3.74. The van der Waals surface area contributed by atoms with E-state index >= 15 is 0 Å². The van der Waals surface area contributed by atoms with Crippen LogP contribution in [0.4, 0.5) is 0 Å². The van der Waals surface area contributed by atoms with Gasteiger partial charge in [-0.2, -0.15) is 0 Å². The summed E-state index contributed by atoms with van der Waals surface area (Å²) in [6.45, 7) is 1.99. The lowest BCUT2D eigenvalue weighted by atomic mass is 10.1. The second-order valence-corrected chi connectivity index (χ2v) is 6.13. The smallest absolute Gasteiger partial charge is 0.117 e. The number of aliphatic hydroxyl groups is 1. The molecule has 0 aromatic carbocycles. The van der Waals surface area contributed by atoms with E-state index in [9.17, 15) is 5.11 Å². The van der Waals surface area contributed by atoms with Gasteiger partial charge in [0.15, 0.2) is 0 Å². The molecule has 1 unspecified atom stereocenters. The molecule has 86 valence electrons. The van der Waals surface area contributed by atoms with Crippen molar-refractivity contribution in [2.75, 3.05) is 0 Å². The van der Waals surface area contributed by atoms with E-state index in [4.69, 9.17) is 16.0 Å². The average Bonchev–Trinajstić information content (AvgIpc) is 2.85. The summed E-state index contributed by atoms with van der Waals surface area (Å²) < 4.78 is 6.13. The van der Waals surface area contributed by atoms with Crippen molar-refractivity contribution in [2.45, 2.75) is 19.4 Å². The van der Waals surface area contributed by atoms with Crippen LogP contribution in [0, 0.1) is 0 Å². The van der Waals surface area contributed by atoms with E-state index in [0.717, 1.165) is 26.4 Å². The van der Waals surface area contributed by atoms with E-state index < -0.39 is 6.10 Å². The zero-order chi connectivity index (χ0) is 11.7. The first-order valence-electron chi connectivity index (χ1n) is 4.82. The van der Waals surface area contributed by atoms with Crippen molar-refractivity contribution in [2.24, 2.45) is 0 Å². The highest BCUT2D eigenvalue weighted by atomic mass is 79.9. The first-order valence-corrected chi connectivity index (χ1v) is 6.81. The van der Waals surface area contributed by atoms with Gasteiger partial charge in [-0.25, -0.2) is 0 Å². The molecule has 1 N–H and O–H groups in total. The zero-order valence-corrected chi connectivity index (χ0v) is 11.7. The maximum absolute atomic E-state index is 10.2. The molecule has 1 atom stereocenters. The van der Waals surface area contributed by atoms with Crippen molar-refractivity contribution >= 4 is 38.9 Å². The fourth-order valence-corrected chi connectivity index (χ4v) is 3.28. The average molecular weight is 322 g/mol. The first kappa shape index (κ1) is 12.2. The Morgan fingerprint density at radius 2 is 2.38 bits per heavy atom. The molecule has 5 heteroatoms. The minimum Gasteiger partial charge on any atom is -0.469 e. The highest BCUT2D eigenvalue weighted by Gasteiger charge is 2.19. The van der Waals surface area contributed by atoms with E-state index in [0.29, 0.717) is 5.02 Å². The van der Waals surface area contributed by atoms with E-state index in [1.54, 1.807) is 18.4 Å². The molecular weight excluding hydrogens is 312 g/mol. The fraction of sp³-hybridized carbons (Fsp3) is 0.273. The highest BCUT2D eigenvalue weighted by Crippen LogP contribution is 2.38. The summed E-state index contributed by atoms with van der Waals surface area (Å²) >= 11 is 10.7. The summed E-state index contributed by atoms with van der Waals surface area (Å²) in [5.41, 5.74) is 0.813. The first-order chi connectivity index (χ1) is 7.63. The van der Waals surface area contributed by atoms with Gasteiger partial charge in [-0.05, 0) is 28.1 Å². The standard InChI is InChI=1S/C11H10BrClO2S/c1-2-8-6(3-4-15-8)10(14)9-5-7(13)11(12)16-9/h3-5,10,14H,2H2,1H3. The minimum absolute atomic E-state index is 0.626. The molecule has 16 heavy (non-hydrogen) atoms. The lowest BCUT2D eigenvalue weighted by molar-refractivity contribution is 0.221. The molecule has 0 bridgehead atoms. The number of thiophene rings is 1. The van der Waals surface area contributed by atoms with Gasteiger partial charge in [0.1, 0.15) is 11.9 Å². The normalized spacial score (nSPS) is 13.0. The summed E-state index contributed by atoms with van der Waals surface area (Å²) in [5, 5.41) is 10.8. The van der Waals surface area contributed by atoms with Crippen LogP contribution in [0.25, 0.3) is 0 Å². The number of aliphatic hydroxyl groups excluding tert-OH is 1. The van der Waals surface area contributed by atoms with Crippen molar-refractivity contribution in [1.82, 2.24) is 0 Å². The van der Waals surface area contributed by atoms with Crippen LogP contribution in [0.3, 0.4) is 0 Å². The molecule has 0 fully saturated rings. The number of hydrogen-bond acceptors (Lipinski definition) is 3. The van der Waals surface area contributed by atoms with Gasteiger partial charge in [-0.3, -0.25) is 0 Å². The van der Waals surface area contributed by atoms with Gasteiger partial charge in [0.05, 0.1) is 15.1 Å². The summed E-state index contributed by atoms with van der Waals surface area (Å²) in [6, 6.07) is 3.57. The summed E-state index contributed by atoms with van der Waals surface area (Å²) in [5.74, 6) is 0.813. The predicted octanol–water partition coefficient (Wildman–Crippen LogP) is 4.40. The van der Waals surface area contributed by atoms with Crippen molar-refractivity contribution in [3.05, 3.63) is 43.4 Å². The van der Waals surface area contributed by atoms with Crippen LogP contribution < -0.4 is 0 Å². The third-order valence-electron chi connectivity index (χ3n) is 2.33. The summed E-state index contributed by atoms with van der Waals surface area (Å²) in [6.07, 6.45) is 1.70. The Morgan fingerprint density at radius 1 is 1.62 bits per heavy atom. The Labute approximate surface area is 111 Å². The molecule has 0 saturated heterocycles. The van der Waals surface area contributed by atoms with Gasteiger partial charge in [0, 0.05) is 16.9 Å². The third-order valence-corrected chi connectivity index (χ3v) is 4.86. The SMILES string of the molecule is CCc1occc1C(O)c1cc(Cl)c(Br)s1. The topological polar surface area (TPSA) is 33.4 Å². The second kappa shape index (κ2) is 4.92. The molecule has 0 aliphatic heterocycles. The van der Waals surface area contributed by atoms with Crippen LogP contribution in [0.1, 0.15) is 29.2 Å². The van der Waals surface area contributed by atoms with Crippen LogP contribution in [-0.4, -0.2) is 5.11 Å². The largest absolute Gasteiger partial charge is 0.469 e. The number of halogens is 2. The summed E-state index contributed by atoms with van der Waals surface area (Å²) in [4.78, 5) is 0.813. The highest BCUT2D eigenvalue weighted by molar-refractivity contribution is 9.11. The van der Waals surface area contributed by atoms with Crippen LogP contribution in [0.5, 0.6) is 0 Å². The molecule has 0 aliphatic rings. The molecule has 2 rings (SSSR count). The van der Waals surface area contributed by atoms with E-state index in [2.05, 4.69) is 15.9 Å². The van der Waals surface area contributed by atoms with Gasteiger partial charge < -0.3 is 9.52 Å². The van der Waals surface area contributed by atoms with Gasteiger partial charge in [0.25, 0.3) is 0 Å². The maximum Gasteiger partial charge on any atom is 0.117 e. The lowest BCUT2D eigenvalue weighted by Crippen LogP contribution is -1.98. The number of rotatable bonds is 3. The molecule has 2 aromatic rings. The Hall–Kier alpha value is -0.290. The van der Waals surface area contributed by atoms with Crippen molar-refractivity contribution in [3.8, 4) is 0 Å². The fourth-order valence-electron chi connectivity index (χ4n) is 1.53. The van der Waals surface area contributed by atoms with E-state index in [1.165, 1.54) is 11.3 Å². The Morgan fingerprint density at radius 3 is 2.94 bits per heavy atom. The second-order valence-electron chi connectivity index (χ2n) is 3.33. The number of hydrogen-bond donors (Lipinski definition) is 1. The van der Waals surface area contributed by atoms with Crippen LogP contribution in [0.2, 0.25) is 5.02 Å². The zero-order valence-electron chi connectivity index (χ0n) is 8.54. The van der Waals surface area contributed by atoms with Gasteiger partial charge in [0.2, 0.25) is 0 Å². The van der Waals surface area contributed by atoms with Crippen molar-refractivity contribution in [1.29, 1.82) is 0 Å². The molecule has 0 radical (unpaired) electrons. The summed E-state index contributed by atoms with van der Waals surface area (Å²) in [7, 11) is 0. The van der Waals surface area contributed by atoms with Crippen LogP contribution in [-0.2, 0) is 6.42 Å². The van der Waals surface area contributed by atoms with Gasteiger partial charge in [-0.1, -0.05) is 18.5 Å². The van der Waals surface area contributed by atoms with E-state index in [-0.39, 0.29) is 0 Å². The third kappa shape index (κ3) is 2.20. The maximum atomic E-state index is 10.2. The minimum atomic E-state index is -0.664. The number of aryl methyl sites for hydroxylation is 1. The van der Waals surface area contributed by atoms with Crippen LogP contribution >= 0.6 is 38.9 Å². The Bertz CT molecular complexity index is 472. The molecule has 2 nitrogen and oxygen atoms in total. The molecule has 0 spiro atoms.